The van der Waals surface area contributed by atoms with E-state index < -0.39 is 5.91 Å². The van der Waals surface area contributed by atoms with Crippen molar-refractivity contribution >= 4 is 40.7 Å². The molecule has 2 aromatic carbocycles. The fourth-order valence-corrected chi connectivity index (χ4v) is 2.97. The largest absolute Gasteiger partial charge is 0.497 e. The Kier molecular flexibility index (Phi) is 5.27. The fourth-order valence-electron chi connectivity index (χ4n) is 2.76. The van der Waals surface area contributed by atoms with Crippen LogP contribution in [0.4, 0.5) is 5.69 Å². The van der Waals surface area contributed by atoms with E-state index in [1.165, 1.54) is 27.3 Å². The summed E-state index contributed by atoms with van der Waals surface area (Å²) in [6, 6.07) is 9.45. The molecule has 1 aliphatic rings. The average Bonchev–Trinajstić information content (AvgIpc) is 2.91. The Balaban J connectivity index is 1.72. The minimum Gasteiger partial charge on any atom is -0.497 e. The van der Waals surface area contributed by atoms with Crippen LogP contribution in [0.2, 0.25) is 0 Å². The lowest BCUT2D eigenvalue weighted by Crippen LogP contribution is -2.34. The zero-order chi connectivity index (χ0) is 20.4. The summed E-state index contributed by atoms with van der Waals surface area (Å²) >= 11 is 5.17. The molecule has 0 spiro atoms. The third-order valence-electron chi connectivity index (χ3n) is 4.23. The predicted octanol–water partition coefficient (Wildman–Crippen LogP) is 2.06. The first-order valence-corrected chi connectivity index (χ1v) is 8.57. The van der Waals surface area contributed by atoms with Gasteiger partial charge in [0.05, 0.1) is 30.9 Å². The van der Waals surface area contributed by atoms with Gasteiger partial charge in [0, 0.05) is 18.8 Å². The van der Waals surface area contributed by atoms with Gasteiger partial charge in [0.1, 0.15) is 11.5 Å². The Morgan fingerprint density at radius 1 is 1.00 bits per heavy atom. The highest BCUT2D eigenvalue weighted by Crippen LogP contribution is 2.26. The Labute approximate surface area is 166 Å². The molecule has 0 aliphatic carbocycles. The van der Waals surface area contributed by atoms with Crippen molar-refractivity contribution in [2.45, 2.75) is 0 Å². The lowest BCUT2D eigenvalue weighted by Gasteiger charge is -2.13. The van der Waals surface area contributed by atoms with Crippen LogP contribution in [0.3, 0.4) is 0 Å². The first-order valence-electron chi connectivity index (χ1n) is 8.16. The molecule has 0 bridgehead atoms. The number of benzene rings is 2. The number of anilines is 1. The highest BCUT2D eigenvalue weighted by molar-refractivity contribution is 7.80. The number of amides is 3. The maximum atomic E-state index is 12.5. The van der Waals surface area contributed by atoms with Crippen molar-refractivity contribution in [2.24, 2.45) is 0 Å². The van der Waals surface area contributed by atoms with Crippen LogP contribution < -0.4 is 20.1 Å². The number of nitrogens with one attached hydrogen (secondary N) is 2. The molecule has 3 rings (SSSR count). The number of imide groups is 1. The lowest BCUT2D eigenvalue weighted by molar-refractivity contribution is 0.0692. The number of carbonyl (C=O) groups excluding carboxylic acids is 3. The smallest absolute Gasteiger partial charge is 0.261 e. The first kappa shape index (κ1) is 19.3. The molecule has 0 atom stereocenters. The van der Waals surface area contributed by atoms with Gasteiger partial charge in [0.15, 0.2) is 5.11 Å². The van der Waals surface area contributed by atoms with Crippen LogP contribution in [-0.4, -0.2) is 49.0 Å². The highest BCUT2D eigenvalue weighted by atomic mass is 32.1. The van der Waals surface area contributed by atoms with Crippen molar-refractivity contribution in [3.8, 4) is 11.5 Å². The predicted molar refractivity (Wildman–Crippen MR) is 106 cm³/mol. The summed E-state index contributed by atoms with van der Waals surface area (Å²) in [5.41, 5.74) is 1.37. The third kappa shape index (κ3) is 3.52. The van der Waals surface area contributed by atoms with Crippen molar-refractivity contribution in [1.29, 1.82) is 0 Å². The minimum atomic E-state index is -0.468. The number of ether oxygens (including phenoxy) is 2. The third-order valence-corrected chi connectivity index (χ3v) is 4.43. The molecule has 0 saturated carbocycles. The van der Waals surface area contributed by atoms with E-state index in [0.29, 0.717) is 22.7 Å². The van der Waals surface area contributed by atoms with E-state index in [1.807, 2.05) is 0 Å². The molecule has 0 fully saturated rings. The number of methoxy groups -OCH3 is 2. The van der Waals surface area contributed by atoms with Gasteiger partial charge >= 0.3 is 0 Å². The molecule has 144 valence electrons. The minimum absolute atomic E-state index is 0.0351. The Bertz CT molecular complexity index is 1010. The van der Waals surface area contributed by atoms with Crippen LogP contribution in [0.1, 0.15) is 31.1 Å². The maximum absolute atomic E-state index is 12.5. The number of fused-ring (bicyclic) bond motifs is 1. The van der Waals surface area contributed by atoms with E-state index in [-0.39, 0.29) is 28.1 Å². The molecule has 3 amide bonds. The summed E-state index contributed by atoms with van der Waals surface area (Å²) < 4.78 is 10.3. The average molecular weight is 399 g/mol. The molecule has 28 heavy (non-hydrogen) atoms. The second-order valence-electron chi connectivity index (χ2n) is 5.90. The van der Waals surface area contributed by atoms with Gasteiger partial charge in [-0.25, -0.2) is 0 Å². The number of nitrogens with zero attached hydrogens (tertiary/aromatic N) is 1. The number of thiocarbonyl (C=S) groups is 1. The van der Waals surface area contributed by atoms with Gasteiger partial charge in [-0.2, -0.15) is 0 Å². The summed E-state index contributed by atoms with van der Waals surface area (Å²) in [7, 11) is 4.38. The van der Waals surface area contributed by atoms with E-state index in [4.69, 9.17) is 21.7 Å². The quantitative estimate of drug-likeness (QED) is 0.600. The summed E-state index contributed by atoms with van der Waals surface area (Å²) in [6.45, 7) is 0. The zero-order valence-corrected chi connectivity index (χ0v) is 16.2. The van der Waals surface area contributed by atoms with E-state index in [2.05, 4.69) is 10.6 Å². The Hall–Kier alpha value is -3.46. The molecular formula is C19H17N3O5S. The van der Waals surface area contributed by atoms with Crippen molar-refractivity contribution in [3.63, 3.8) is 0 Å². The molecule has 0 unspecified atom stereocenters. The second kappa shape index (κ2) is 7.65. The molecule has 0 saturated heterocycles. The number of rotatable bonds is 4. The van der Waals surface area contributed by atoms with Crippen molar-refractivity contribution < 1.29 is 23.9 Å². The standard InChI is InChI=1S/C19H17N3O5S/c1-22-17(24)12-6-4-10(8-14(12)18(22)25)20-19(28)21-16(23)13-7-5-11(26-2)9-15(13)27-3/h4-9H,1-3H3,(H2,20,21,23,28). The van der Waals surface area contributed by atoms with Crippen molar-refractivity contribution in [1.82, 2.24) is 10.2 Å². The SMILES string of the molecule is COc1ccc(C(=O)NC(=S)Nc2ccc3c(c2)C(=O)N(C)C3=O)c(OC)c1. The molecule has 2 N–H and O–H groups in total. The summed E-state index contributed by atoms with van der Waals surface area (Å²) in [6.07, 6.45) is 0. The molecule has 9 heteroatoms. The summed E-state index contributed by atoms with van der Waals surface area (Å²) in [4.78, 5) is 37.5. The molecule has 1 aliphatic heterocycles. The highest BCUT2D eigenvalue weighted by Gasteiger charge is 2.32. The van der Waals surface area contributed by atoms with Gasteiger partial charge in [-0.15, -0.1) is 0 Å². The van der Waals surface area contributed by atoms with Crippen LogP contribution in [-0.2, 0) is 0 Å². The van der Waals surface area contributed by atoms with Crippen LogP contribution in [0.5, 0.6) is 11.5 Å². The van der Waals surface area contributed by atoms with Gasteiger partial charge in [-0.05, 0) is 42.5 Å². The number of carbonyl (C=O) groups is 3. The van der Waals surface area contributed by atoms with E-state index in [0.717, 1.165) is 4.90 Å². The van der Waals surface area contributed by atoms with Crippen LogP contribution in [0, 0.1) is 0 Å². The zero-order valence-electron chi connectivity index (χ0n) is 15.4. The molecule has 1 heterocycles. The number of hydrogen-bond donors (Lipinski definition) is 2. The van der Waals surface area contributed by atoms with Gasteiger partial charge in [0.2, 0.25) is 0 Å². The lowest BCUT2D eigenvalue weighted by atomic mass is 10.1. The normalized spacial score (nSPS) is 12.5. The molecular weight excluding hydrogens is 382 g/mol. The topological polar surface area (TPSA) is 97.0 Å². The van der Waals surface area contributed by atoms with Gasteiger partial charge < -0.3 is 14.8 Å². The monoisotopic (exact) mass is 399 g/mol. The molecule has 2 aromatic rings. The van der Waals surface area contributed by atoms with Crippen molar-refractivity contribution in [2.75, 3.05) is 26.6 Å². The van der Waals surface area contributed by atoms with E-state index >= 15 is 0 Å². The first-order chi connectivity index (χ1) is 13.3. The van der Waals surface area contributed by atoms with Gasteiger partial charge in [-0.1, -0.05) is 0 Å². The van der Waals surface area contributed by atoms with E-state index in [1.54, 1.807) is 30.3 Å². The van der Waals surface area contributed by atoms with E-state index in [9.17, 15) is 14.4 Å². The number of hydrogen-bond acceptors (Lipinski definition) is 6. The van der Waals surface area contributed by atoms with Gasteiger partial charge in [-0.3, -0.25) is 24.6 Å². The Morgan fingerprint density at radius 2 is 1.71 bits per heavy atom. The molecule has 8 nitrogen and oxygen atoms in total. The summed E-state index contributed by atoms with van der Waals surface area (Å²) in [5, 5.41) is 5.42. The van der Waals surface area contributed by atoms with Crippen molar-refractivity contribution in [3.05, 3.63) is 53.1 Å². The molecule has 0 radical (unpaired) electrons. The molecule has 0 aromatic heterocycles. The Morgan fingerprint density at radius 3 is 2.39 bits per heavy atom. The fraction of sp³-hybridized carbons (Fsp3) is 0.158. The maximum Gasteiger partial charge on any atom is 0.261 e. The van der Waals surface area contributed by atoms with Crippen LogP contribution in [0.25, 0.3) is 0 Å². The van der Waals surface area contributed by atoms with Crippen LogP contribution in [0.15, 0.2) is 36.4 Å². The van der Waals surface area contributed by atoms with Gasteiger partial charge in [0.25, 0.3) is 17.7 Å². The van der Waals surface area contributed by atoms with Crippen LogP contribution >= 0.6 is 12.2 Å². The summed E-state index contributed by atoms with van der Waals surface area (Å²) in [5.74, 6) is -0.319. The second-order valence-corrected chi connectivity index (χ2v) is 6.31.